The first-order valence-electron chi connectivity index (χ1n) is 13.2. The van der Waals surface area contributed by atoms with Gasteiger partial charge in [-0.1, -0.05) is 63.4 Å². The molecule has 0 spiro atoms. The summed E-state index contributed by atoms with van der Waals surface area (Å²) < 4.78 is 5.96. The van der Waals surface area contributed by atoms with Crippen molar-refractivity contribution in [2.45, 2.75) is 64.8 Å². The van der Waals surface area contributed by atoms with Crippen molar-refractivity contribution in [1.82, 2.24) is 4.90 Å². The largest absolute Gasteiger partial charge is 0.494 e. The van der Waals surface area contributed by atoms with Crippen LogP contribution in [0.15, 0.2) is 54.6 Å². The summed E-state index contributed by atoms with van der Waals surface area (Å²) in [4.78, 5) is 17.8. The highest BCUT2D eigenvalue weighted by molar-refractivity contribution is 5.97. The van der Waals surface area contributed by atoms with E-state index in [0.29, 0.717) is 18.9 Å². The lowest BCUT2D eigenvalue weighted by Gasteiger charge is -2.31. The van der Waals surface area contributed by atoms with Gasteiger partial charge in [-0.25, -0.2) is 0 Å². The molecule has 1 aliphatic carbocycles. The number of nitrogens with zero attached hydrogens (tertiary/aromatic N) is 2. The number of amides is 1. The minimum absolute atomic E-state index is 0.00215. The van der Waals surface area contributed by atoms with Crippen LogP contribution in [0.2, 0.25) is 0 Å². The maximum atomic E-state index is 13.5. The standard InChI is InChI=1S/C29H43N3O2/c1-3-31(4-2)20-11-21-34-27-18-16-26(17-19-27)32(23-25-14-9-6-10-15-25)29(33)28(30)22-24-12-7-5-8-13-24/h5,7-8,12-13,16-19,25,28H,3-4,6,9-11,14-15,20-23,30H2,1-2H3/t28-/m1/s1. The first kappa shape index (κ1) is 26.2. The lowest BCUT2D eigenvalue weighted by molar-refractivity contribution is -0.120. The number of benzene rings is 2. The van der Waals surface area contributed by atoms with E-state index in [1.807, 2.05) is 59.5 Å². The first-order valence-corrected chi connectivity index (χ1v) is 13.2. The Kier molecular flexibility index (Phi) is 10.9. The molecule has 3 rings (SSSR count). The molecule has 5 nitrogen and oxygen atoms in total. The van der Waals surface area contributed by atoms with Crippen LogP contribution >= 0.6 is 0 Å². The van der Waals surface area contributed by atoms with Crippen LogP contribution in [-0.2, 0) is 11.2 Å². The molecule has 1 amide bonds. The molecule has 1 atom stereocenters. The molecule has 2 aromatic carbocycles. The molecule has 0 radical (unpaired) electrons. The van der Waals surface area contributed by atoms with Gasteiger partial charge in [-0.3, -0.25) is 4.79 Å². The van der Waals surface area contributed by atoms with Crippen molar-refractivity contribution in [3.05, 3.63) is 60.2 Å². The molecule has 0 aromatic heterocycles. The molecule has 0 bridgehead atoms. The van der Waals surface area contributed by atoms with Crippen LogP contribution in [0.25, 0.3) is 0 Å². The quantitative estimate of drug-likeness (QED) is 0.409. The lowest BCUT2D eigenvalue weighted by atomic mass is 9.88. The molecule has 0 saturated heterocycles. The molecule has 0 unspecified atom stereocenters. The Hall–Kier alpha value is -2.37. The van der Waals surface area contributed by atoms with E-state index in [9.17, 15) is 4.79 Å². The van der Waals surface area contributed by atoms with E-state index in [4.69, 9.17) is 10.5 Å². The van der Waals surface area contributed by atoms with Crippen molar-refractivity contribution >= 4 is 11.6 Å². The van der Waals surface area contributed by atoms with Gasteiger partial charge in [-0.15, -0.1) is 0 Å². The molecule has 5 heteroatoms. The molecular formula is C29H43N3O2. The summed E-state index contributed by atoms with van der Waals surface area (Å²) in [6.45, 7) is 9.01. The second-order valence-corrected chi connectivity index (χ2v) is 9.47. The number of nitrogens with two attached hydrogens (primary N) is 1. The Bertz CT molecular complexity index is 830. The SMILES string of the molecule is CCN(CC)CCCOc1ccc(N(CC2CCCCC2)C(=O)[C@H](N)Cc2ccccc2)cc1. The highest BCUT2D eigenvalue weighted by Gasteiger charge is 2.26. The Balaban J connectivity index is 1.64. The average molecular weight is 466 g/mol. The smallest absolute Gasteiger partial charge is 0.244 e. The molecule has 186 valence electrons. The Morgan fingerprint density at radius 3 is 2.32 bits per heavy atom. The predicted octanol–water partition coefficient (Wildman–Crippen LogP) is 5.28. The number of carbonyl (C=O) groups excluding carboxylic acids is 1. The van der Waals surface area contributed by atoms with Crippen molar-refractivity contribution in [2.24, 2.45) is 11.7 Å². The molecule has 34 heavy (non-hydrogen) atoms. The molecule has 1 aliphatic rings. The van der Waals surface area contributed by atoms with Crippen LogP contribution in [0.4, 0.5) is 5.69 Å². The van der Waals surface area contributed by atoms with Gasteiger partial charge in [-0.05, 0) is 74.5 Å². The van der Waals surface area contributed by atoms with Gasteiger partial charge in [0, 0.05) is 18.8 Å². The Morgan fingerprint density at radius 2 is 1.68 bits per heavy atom. The molecule has 1 saturated carbocycles. The third-order valence-corrected chi connectivity index (χ3v) is 6.98. The molecule has 0 aliphatic heterocycles. The number of ether oxygens (including phenoxy) is 1. The molecular weight excluding hydrogens is 422 g/mol. The predicted molar refractivity (Wildman–Crippen MR) is 141 cm³/mol. The fraction of sp³-hybridized carbons (Fsp3) is 0.552. The summed E-state index contributed by atoms with van der Waals surface area (Å²) in [5.41, 5.74) is 8.43. The monoisotopic (exact) mass is 465 g/mol. The van der Waals surface area contributed by atoms with Gasteiger partial charge in [0.1, 0.15) is 5.75 Å². The molecule has 1 fully saturated rings. The van der Waals surface area contributed by atoms with Crippen LogP contribution in [0.1, 0.15) is 57.9 Å². The summed E-state index contributed by atoms with van der Waals surface area (Å²) in [6, 6.07) is 17.5. The van der Waals surface area contributed by atoms with Gasteiger partial charge in [0.2, 0.25) is 5.91 Å². The third-order valence-electron chi connectivity index (χ3n) is 6.98. The van der Waals surface area contributed by atoms with Gasteiger partial charge in [0.15, 0.2) is 0 Å². The highest BCUT2D eigenvalue weighted by Crippen LogP contribution is 2.28. The molecule has 2 aromatic rings. The summed E-state index contributed by atoms with van der Waals surface area (Å²) in [6.07, 6.45) is 7.74. The van der Waals surface area contributed by atoms with E-state index in [1.54, 1.807) is 0 Å². The van der Waals surface area contributed by atoms with E-state index in [1.165, 1.54) is 32.1 Å². The Labute approximate surface area is 206 Å². The summed E-state index contributed by atoms with van der Waals surface area (Å²) in [5.74, 6) is 1.39. The summed E-state index contributed by atoms with van der Waals surface area (Å²) >= 11 is 0. The van der Waals surface area contributed by atoms with E-state index in [2.05, 4.69) is 18.7 Å². The van der Waals surface area contributed by atoms with Gasteiger partial charge in [0.25, 0.3) is 0 Å². The highest BCUT2D eigenvalue weighted by atomic mass is 16.5. The van der Waals surface area contributed by atoms with E-state index in [-0.39, 0.29) is 5.91 Å². The number of rotatable bonds is 13. The van der Waals surface area contributed by atoms with Gasteiger partial charge in [-0.2, -0.15) is 0 Å². The van der Waals surface area contributed by atoms with Gasteiger partial charge in [0.05, 0.1) is 12.6 Å². The van der Waals surface area contributed by atoms with Crippen molar-refractivity contribution in [1.29, 1.82) is 0 Å². The van der Waals surface area contributed by atoms with E-state index >= 15 is 0 Å². The summed E-state index contributed by atoms with van der Waals surface area (Å²) in [7, 11) is 0. The zero-order chi connectivity index (χ0) is 24.2. The second-order valence-electron chi connectivity index (χ2n) is 9.47. The first-order chi connectivity index (χ1) is 16.6. The normalized spacial score (nSPS) is 15.3. The van der Waals surface area contributed by atoms with Crippen molar-refractivity contribution in [3.63, 3.8) is 0 Å². The minimum Gasteiger partial charge on any atom is -0.494 e. The zero-order valence-corrected chi connectivity index (χ0v) is 21.1. The lowest BCUT2D eigenvalue weighted by Crippen LogP contribution is -2.47. The van der Waals surface area contributed by atoms with Crippen molar-refractivity contribution in [2.75, 3.05) is 37.7 Å². The van der Waals surface area contributed by atoms with Crippen LogP contribution < -0.4 is 15.4 Å². The molecule has 2 N–H and O–H groups in total. The maximum Gasteiger partial charge on any atom is 0.244 e. The van der Waals surface area contributed by atoms with Crippen molar-refractivity contribution in [3.8, 4) is 5.75 Å². The Morgan fingerprint density at radius 1 is 1.00 bits per heavy atom. The topological polar surface area (TPSA) is 58.8 Å². The van der Waals surface area contributed by atoms with Crippen LogP contribution in [0, 0.1) is 5.92 Å². The van der Waals surface area contributed by atoms with Crippen LogP contribution in [0.5, 0.6) is 5.75 Å². The average Bonchev–Trinajstić information content (AvgIpc) is 2.88. The number of carbonyl (C=O) groups is 1. The van der Waals surface area contributed by atoms with Crippen molar-refractivity contribution < 1.29 is 9.53 Å². The molecule has 0 heterocycles. The van der Waals surface area contributed by atoms with E-state index < -0.39 is 6.04 Å². The fourth-order valence-electron chi connectivity index (χ4n) is 4.85. The maximum absolute atomic E-state index is 13.5. The van der Waals surface area contributed by atoms with Crippen LogP contribution in [0.3, 0.4) is 0 Å². The van der Waals surface area contributed by atoms with Gasteiger partial charge < -0.3 is 20.3 Å². The second kappa shape index (κ2) is 14.1. The van der Waals surface area contributed by atoms with Crippen LogP contribution in [-0.4, -0.2) is 49.6 Å². The number of hydrogen-bond acceptors (Lipinski definition) is 4. The fourth-order valence-corrected chi connectivity index (χ4v) is 4.85. The zero-order valence-electron chi connectivity index (χ0n) is 21.1. The van der Waals surface area contributed by atoms with Gasteiger partial charge >= 0.3 is 0 Å². The number of anilines is 1. The number of hydrogen-bond donors (Lipinski definition) is 1. The van der Waals surface area contributed by atoms with E-state index in [0.717, 1.165) is 49.6 Å². The minimum atomic E-state index is -0.554. The summed E-state index contributed by atoms with van der Waals surface area (Å²) in [5, 5.41) is 0. The third kappa shape index (κ3) is 8.14.